The van der Waals surface area contributed by atoms with Gasteiger partial charge in [-0.05, 0) is 55.0 Å². The molecule has 0 bridgehead atoms. The van der Waals surface area contributed by atoms with E-state index in [0.717, 1.165) is 12.8 Å². The molecule has 0 atom stereocenters. The Bertz CT molecular complexity index is 830. The molecule has 1 aliphatic heterocycles. The van der Waals surface area contributed by atoms with Crippen molar-refractivity contribution in [3.8, 4) is 5.75 Å². The van der Waals surface area contributed by atoms with Gasteiger partial charge in [-0.1, -0.05) is 24.9 Å². The van der Waals surface area contributed by atoms with Gasteiger partial charge in [-0.15, -0.1) is 0 Å². The van der Waals surface area contributed by atoms with Crippen LogP contribution in [0.4, 0.5) is 0 Å². The van der Waals surface area contributed by atoms with Crippen LogP contribution in [0.25, 0.3) is 6.08 Å². The van der Waals surface area contributed by atoms with E-state index in [9.17, 15) is 4.79 Å². The number of benzene rings is 1. The van der Waals surface area contributed by atoms with Gasteiger partial charge in [-0.25, -0.2) is 0 Å². The van der Waals surface area contributed by atoms with E-state index in [4.69, 9.17) is 33.0 Å². The maximum Gasteiger partial charge on any atom is 0.276 e. The van der Waals surface area contributed by atoms with Crippen molar-refractivity contribution in [1.29, 1.82) is 0 Å². The van der Waals surface area contributed by atoms with E-state index in [0.29, 0.717) is 39.6 Å². The summed E-state index contributed by atoms with van der Waals surface area (Å²) in [6.45, 7) is 2.98. The van der Waals surface area contributed by atoms with E-state index < -0.39 is 0 Å². The van der Waals surface area contributed by atoms with Crippen LogP contribution < -0.4 is 10.1 Å². The number of rotatable bonds is 7. The topological polar surface area (TPSA) is 54.7 Å². The lowest BCUT2D eigenvalue weighted by atomic mass is 10.3. The van der Waals surface area contributed by atoms with Crippen molar-refractivity contribution in [3.63, 3.8) is 0 Å². The molecule has 1 amide bonds. The number of carbonyl (C=O) groups is 1. The third kappa shape index (κ3) is 4.45. The summed E-state index contributed by atoms with van der Waals surface area (Å²) in [5, 5.41) is 4.04. The van der Waals surface area contributed by atoms with Gasteiger partial charge in [-0.2, -0.15) is 0 Å². The van der Waals surface area contributed by atoms with Crippen LogP contribution in [-0.4, -0.2) is 22.5 Å². The maximum absolute atomic E-state index is 12.4. The van der Waals surface area contributed by atoms with Crippen molar-refractivity contribution in [1.82, 2.24) is 10.2 Å². The Morgan fingerprint density at radius 3 is 2.77 bits per heavy atom. The minimum Gasteiger partial charge on any atom is -0.486 e. The number of ether oxygens (including phenoxy) is 1. The highest BCUT2D eigenvalue weighted by Crippen LogP contribution is 2.20. The molecular formula is C19H19ClN2O3S. The van der Waals surface area contributed by atoms with Gasteiger partial charge in [0.2, 0.25) is 0 Å². The fourth-order valence-corrected chi connectivity index (χ4v) is 2.88. The van der Waals surface area contributed by atoms with Gasteiger partial charge in [0.1, 0.15) is 29.6 Å². The summed E-state index contributed by atoms with van der Waals surface area (Å²) in [5.74, 6) is 1.80. The Morgan fingerprint density at radius 2 is 2.04 bits per heavy atom. The molecule has 1 fully saturated rings. The Hall–Kier alpha value is -2.31. The Morgan fingerprint density at radius 1 is 1.27 bits per heavy atom. The normalized spacial score (nSPS) is 15.6. The number of nitrogens with one attached hydrogen (secondary N) is 1. The predicted molar refractivity (Wildman–Crippen MR) is 105 cm³/mol. The average Bonchev–Trinajstić information content (AvgIpc) is 3.18. The number of furan rings is 1. The number of hydrogen-bond acceptors (Lipinski definition) is 4. The monoisotopic (exact) mass is 390 g/mol. The summed E-state index contributed by atoms with van der Waals surface area (Å²) >= 11 is 11.1. The first-order valence-electron chi connectivity index (χ1n) is 8.38. The van der Waals surface area contributed by atoms with Crippen molar-refractivity contribution in [2.24, 2.45) is 0 Å². The molecule has 1 N–H and O–H groups in total. The second-order valence-electron chi connectivity index (χ2n) is 5.85. The molecule has 1 aliphatic rings. The van der Waals surface area contributed by atoms with Gasteiger partial charge in [0.05, 0.1) is 0 Å². The molecule has 1 aromatic heterocycles. The fourth-order valence-electron chi connectivity index (χ4n) is 2.47. The SMILES string of the molecule is CCCCN1C(=O)/C(=C\c2ccc(COc3ccc(Cl)cc3)o2)NC1=S. The zero-order chi connectivity index (χ0) is 18.5. The quantitative estimate of drug-likeness (QED) is 0.562. The van der Waals surface area contributed by atoms with Gasteiger partial charge in [-0.3, -0.25) is 9.69 Å². The smallest absolute Gasteiger partial charge is 0.276 e. The Kier molecular flexibility index (Phi) is 5.96. The van der Waals surface area contributed by atoms with Crippen molar-refractivity contribution in [2.45, 2.75) is 26.4 Å². The fraction of sp³-hybridized carbons (Fsp3) is 0.263. The lowest BCUT2D eigenvalue weighted by Crippen LogP contribution is -2.31. The van der Waals surface area contributed by atoms with Gasteiger partial charge in [0, 0.05) is 17.6 Å². The third-order valence-corrected chi connectivity index (χ3v) is 4.44. The molecule has 0 aliphatic carbocycles. The van der Waals surface area contributed by atoms with Crippen molar-refractivity contribution >= 4 is 40.9 Å². The number of unbranched alkanes of at least 4 members (excludes halogenated alkanes) is 1. The molecule has 3 rings (SSSR count). The number of amides is 1. The molecule has 2 aromatic rings. The summed E-state index contributed by atoms with van der Waals surface area (Å²) in [5.41, 5.74) is 0.422. The summed E-state index contributed by atoms with van der Waals surface area (Å²) in [4.78, 5) is 14.0. The summed E-state index contributed by atoms with van der Waals surface area (Å²) in [6, 6.07) is 10.7. The molecule has 0 radical (unpaired) electrons. The van der Waals surface area contributed by atoms with Gasteiger partial charge in [0.15, 0.2) is 5.11 Å². The van der Waals surface area contributed by atoms with E-state index in [1.54, 1.807) is 41.3 Å². The van der Waals surface area contributed by atoms with Crippen LogP contribution in [0.2, 0.25) is 5.02 Å². The van der Waals surface area contributed by atoms with Crippen LogP contribution in [0.1, 0.15) is 31.3 Å². The average molecular weight is 391 g/mol. The molecule has 0 saturated carbocycles. The first-order chi connectivity index (χ1) is 12.6. The van der Waals surface area contributed by atoms with E-state index in [2.05, 4.69) is 12.2 Å². The van der Waals surface area contributed by atoms with Crippen LogP contribution in [0, 0.1) is 0 Å². The third-order valence-electron chi connectivity index (χ3n) is 3.86. The minimum atomic E-state index is -0.126. The molecule has 0 spiro atoms. The first kappa shape index (κ1) is 18.5. The molecule has 26 heavy (non-hydrogen) atoms. The number of nitrogens with zero attached hydrogens (tertiary/aromatic N) is 1. The van der Waals surface area contributed by atoms with Crippen LogP contribution in [0.5, 0.6) is 5.75 Å². The van der Waals surface area contributed by atoms with Gasteiger partial charge >= 0.3 is 0 Å². The second-order valence-corrected chi connectivity index (χ2v) is 6.67. The number of carbonyl (C=O) groups excluding carboxylic acids is 1. The van der Waals surface area contributed by atoms with E-state index in [1.165, 1.54) is 0 Å². The molecule has 0 unspecified atom stereocenters. The second kappa shape index (κ2) is 8.38. The minimum absolute atomic E-state index is 0.126. The molecule has 1 aromatic carbocycles. The van der Waals surface area contributed by atoms with Crippen LogP contribution >= 0.6 is 23.8 Å². The zero-order valence-corrected chi connectivity index (χ0v) is 15.9. The van der Waals surface area contributed by atoms with Crippen LogP contribution in [0.3, 0.4) is 0 Å². The van der Waals surface area contributed by atoms with Crippen LogP contribution in [-0.2, 0) is 11.4 Å². The standard InChI is InChI=1S/C19H19ClN2O3S/c1-2-3-10-22-18(23)17(21-19(22)26)11-15-8-9-16(25-15)12-24-14-6-4-13(20)5-7-14/h4-9,11H,2-3,10,12H2,1H3,(H,21,26)/b17-11+. The molecule has 136 valence electrons. The summed E-state index contributed by atoms with van der Waals surface area (Å²) < 4.78 is 11.4. The molecule has 7 heteroatoms. The highest BCUT2D eigenvalue weighted by atomic mass is 35.5. The Labute approximate surface area is 162 Å². The predicted octanol–water partition coefficient (Wildman–Crippen LogP) is 4.37. The lowest BCUT2D eigenvalue weighted by molar-refractivity contribution is -0.122. The lowest BCUT2D eigenvalue weighted by Gasteiger charge is -2.12. The first-order valence-corrected chi connectivity index (χ1v) is 9.17. The van der Waals surface area contributed by atoms with E-state index in [1.807, 2.05) is 6.07 Å². The summed E-state index contributed by atoms with van der Waals surface area (Å²) in [6.07, 6.45) is 3.57. The van der Waals surface area contributed by atoms with Gasteiger partial charge < -0.3 is 14.5 Å². The van der Waals surface area contributed by atoms with Gasteiger partial charge in [0.25, 0.3) is 5.91 Å². The maximum atomic E-state index is 12.4. The molecule has 2 heterocycles. The summed E-state index contributed by atoms with van der Waals surface area (Å²) in [7, 11) is 0. The van der Waals surface area contributed by atoms with Crippen molar-refractivity contribution < 1.29 is 13.9 Å². The number of hydrogen-bond donors (Lipinski definition) is 1. The Balaban J connectivity index is 1.62. The molecule has 5 nitrogen and oxygen atoms in total. The van der Waals surface area contributed by atoms with E-state index >= 15 is 0 Å². The van der Waals surface area contributed by atoms with Crippen LogP contribution in [0.15, 0.2) is 46.5 Å². The van der Waals surface area contributed by atoms with Crippen molar-refractivity contribution in [3.05, 3.63) is 58.6 Å². The number of thiocarbonyl (C=S) groups is 1. The molecular weight excluding hydrogens is 372 g/mol. The van der Waals surface area contributed by atoms with E-state index in [-0.39, 0.29) is 12.5 Å². The van der Waals surface area contributed by atoms with Crippen molar-refractivity contribution in [2.75, 3.05) is 6.54 Å². The highest BCUT2D eigenvalue weighted by molar-refractivity contribution is 7.80. The molecule has 1 saturated heterocycles. The largest absolute Gasteiger partial charge is 0.486 e. The highest BCUT2D eigenvalue weighted by Gasteiger charge is 2.30. The zero-order valence-electron chi connectivity index (χ0n) is 14.3. The number of halogens is 1.